The van der Waals surface area contributed by atoms with E-state index in [9.17, 15) is 17.6 Å². The van der Waals surface area contributed by atoms with Crippen LogP contribution in [-0.2, 0) is 0 Å². The van der Waals surface area contributed by atoms with E-state index in [0.717, 1.165) is 6.08 Å². The summed E-state index contributed by atoms with van der Waals surface area (Å²) in [5.74, 6) is -4.24. The number of halogens is 6. The SMILES string of the molecule is FC(F)(Br)C(F)(F)/C=C/c1ccc(Cl)cc1. The molecule has 0 aromatic heterocycles. The Morgan fingerprint density at radius 2 is 1.56 bits per heavy atom. The fourth-order valence-electron chi connectivity index (χ4n) is 0.869. The minimum atomic E-state index is -4.26. The van der Waals surface area contributed by atoms with Crippen LogP contribution < -0.4 is 0 Å². The first-order valence-corrected chi connectivity index (χ1v) is 5.29. The van der Waals surface area contributed by atoms with Gasteiger partial charge in [0.25, 0.3) is 0 Å². The second kappa shape index (κ2) is 4.75. The van der Waals surface area contributed by atoms with Crippen LogP contribution in [0.3, 0.4) is 0 Å². The summed E-state index contributed by atoms with van der Waals surface area (Å²) >= 11 is 7.20. The molecule has 16 heavy (non-hydrogen) atoms. The molecule has 0 saturated heterocycles. The van der Waals surface area contributed by atoms with Crippen molar-refractivity contribution >= 4 is 33.6 Å². The third-order valence-electron chi connectivity index (χ3n) is 1.73. The quantitative estimate of drug-likeness (QED) is 0.545. The third-order valence-corrected chi connectivity index (χ3v) is 2.51. The van der Waals surface area contributed by atoms with Gasteiger partial charge in [0.2, 0.25) is 0 Å². The molecule has 0 spiro atoms. The Bertz CT molecular complexity index is 381. The Labute approximate surface area is 103 Å². The lowest BCUT2D eigenvalue weighted by molar-refractivity contribution is -0.110. The van der Waals surface area contributed by atoms with Crippen LogP contribution in [0.2, 0.25) is 5.02 Å². The molecule has 0 aliphatic heterocycles. The summed E-state index contributed by atoms with van der Waals surface area (Å²) < 4.78 is 50.3. The summed E-state index contributed by atoms with van der Waals surface area (Å²) in [4.78, 5) is -4.26. The van der Waals surface area contributed by atoms with Crippen molar-refractivity contribution in [3.05, 3.63) is 40.9 Å². The summed E-state index contributed by atoms with van der Waals surface area (Å²) in [5.41, 5.74) is 0.362. The standard InChI is InChI=1S/C10H6BrClF4/c11-10(15,16)9(13,14)6-5-7-1-3-8(12)4-2-7/h1-6H/b6-5+. The van der Waals surface area contributed by atoms with Gasteiger partial charge < -0.3 is 0 Å². The molecule has 6 heteroatoms. The summed E-state index contributed by atoms with van der Waals surface area (Å²) in [7, 11) is 0. The maximum Gasteiger partial charge on any atom is 0.367 e. The van der Waals surface area contributed by atoms with Crippen LogP contribution in [-0.4, -0.2) is 10.8 Å². The van der Waals surface area contributed by atoms with Crippen molar-refractivity contribution < 1.29 is 17.6 Å². The highest BCUT2D eigenvalue weighted by Gasteiger charge is 2.52. The first-order chi connectivity index (χ1) is 7.22. The fraction of sp³-hybridized carbons (Fsp3) is 0.200. The van der Waals surface area contributed by atoms with Gasteiger partial charge in [0.05, 0.1) is 0 Å². The lowest BCUT2D eigenvalue weighted by Crippen LogP contribution is -2.32. The molecule has 0 unspecified atom stereocenters. The first-order valence-electron chi connectivity index (χ1n) is 4.12. The van der Waals surface area contributed by atoms with Crippen molar-refractivity contribution in [1.29, 1.82) is 0 Å². The number of allylic oxidation sites excluding steroid dienone is 1. The van der Waals surface area contributed by atoms with Crippen LogP contribution in [0.4, 0.5) is 17.6 Å². The summed E-state index contributed by atoms with van der Waals surface area (Å²) in [6.07, 6.45) is 1.05. The number of rotatable bonds is 3. The van der Waals surface area contributed by atoms with E-state index in [-0.39, 0.29) is 6.08 Å². The summed E-state index contributed by atoms with van der Waals surface area (Å²) in [6.45, 7) is 0. The largest absolute Gasteiger partial charge is 0.367 e. The van der Waals surface area contributed by atoms with Gasteiger partial charge in [0.1, 0.15) is 0 Å². The van der Waals surface area contributed by atoms with Crippen LogP contribution in [0.1, 0.15) is 5.56 Å². The van der Waals surface area contributed by atoms with Gasteiger partial charge in [-0.15, -0.1) is 0 Å². The molecule has 0 bridgehead atoms. The van der Waals surface area contributed by atoms with Gasteiger partial charge in [-0.1, -0.05) is 29.8 Å². The van der Waals surface area contributed by atoms with E-state index in [0.29, 0.717) is 10.6 Å². The van der Waals surface area contributed by atoms with Crippen molar-refractivity contribution in [3.63, 3.8) is 0 Å². The molecular formula is C10H6BrClF4. The lowest BCUT2D eigenvalue weighted by Gasteiger charge is -2.17. The van der Waals surface area contributed by atoms with Gasteiger partial charge in [-0.2, -0.15) is 17.6 Å². The van der Waals surface area contributed by atoms with Crippen LogP contribution in [0, 0.1) is 0 Å². The molecule has 0 amide bonds. The maximum absolute atomic E-state index is 12.8. The van der Waals surface area contributed by atoms with E-state index >= 15 is 0 Å². The molecule has 0 radical (unpaired) electrons. The molecule has 0 nitrogen and oxygen atoms in total. The van der Waals surface area contributed by atoms with Crippen molar-refractivity contribution in [1.82, 2.24) is 0 Å². The Balaban J connectivity index is 2.85. The molecule has 0 fully saturated rings. The molecule has 0 atom stereocenters. The molecule has 0 saturated carbocycles. The number of hydrogen-bond donors (Lipinski definition) is 0. The van der Waals surface area contributed by atoms with E-state index in [4.69, 9.17) is 11.6 Å². The zero-order valence-electron chi connectivity index (χ0n) is 7.73. The second-order valence-electron chi connectivity index (χ2n) is 3.01. The van der Waals surface area contributed by atoms with E-state index < -0.39 is 10.8 Å². The normalized spacial score (nSPS) is 13.4. The van der Waals surface area contributed by atoms with Gasteiger partial charge in [-0.3, -0.25) is 0 Å². The fourth-order valence-corrected chi connectivity index (χ4v) is 1.13. The van der Waals surface area contributed by atoms with E-state index in [1.165, 1.54) is 24.3 Å². The van der Waals surface area contributed by atoms with Gasteiger partial charge >= 0.3 is 10.8 Å². The Morgan fingerprint density at radius 3 is 2.00 bits per heavy atom. The van der Waals surface area contributed by atoms with Crippen LogP contribution >= 0.6 is 27.5 Å². The van der Waals surface area contributed by atoms with Gasteiger partial charge in [-0.25, -0.2) is 0 Å². The predicted octanol–water partition coefficient (Wildman–Crippen LogP) is 4.98. The Morgan fingerprint density at radius 1 is 1.06 bits per heavy atom. The Kier molecular flexibility index (Phi) is 4.02. The van der Waals surface area contributed by atoms with Crippen molar-refractivity contribution in [3.8, 4) is 0 Å². The average molecular weight is 318 g/mol. The molecule has 1 aromatic carbocycles. The lowest BCUT2D eigenvalue weighted by atomic mass is 10.2. The van der Waals surface area contributed by atoms with Crippen molar-refractivity contribution in [2.24, 2.45) is 0 Å². The van der Waals surface area contributed by atoms with Crippen molar-refractivity contribution in [2.45, 2.75) is 10.8 Å². The topological polar surface area (TPSA) is 0 Å². The summed E-state index contributed by atoms with van der Waals surface area (Å²) in [6, 6.07) is 5.85. The molecule has 0 heterocycles. The molecule has 88 valence electrons. The maximum atomic E-state index is 12.8. The number of hydrogen-bond acceptors (Lipinski definition) is 0. The predicted molar refractivity (Wildman–Crippen MR) is 59.3 cm³/mol. The number of benzene rings is 1. The number of alkyl halides is 5. The zero-order valence-corrected chi connectivity index (χ0v) is 10.1. The van der Waals surface area contributed by atoms with Gasteiger partial charge in [0.15, 0.2) is 0 Å². The second-order valence-corrected chi connectivity index (χ2v) is 4.44. The molecule has 0 aliphatic carbocycles. The molecule has 0 aliphatic rings. The van der Waals surface area contributed by atoms with E-state index in [2.05, 4.69) is 0 Å². The third kappa shape index (κ3) is 3.49. The minimum Gasteiger partial charge on any atom is -0.194 e. The van der Waals surface area contributed by atoms with Crippen LogP contribution in [0.15, 0.2) is 30.3 Å². The smallest absolute Gasteiger partial charge is 0.194 e. The molecule has 1 rings (SSSR count). The van der Waals surface area contributed by atoms with Crippen LogP contribution in [0.5, 0.6) is 0 Å². The van der Waals surface area contributed by atoms with Gasteiger partial charge in [-0.05, 0) is 39.7 Å². The van der Waals surface area contributed by atoms with E-state index in [1.54, 1.807) is 15.9 Å². The summed E-state index contributed by atoms with van der Waals surface area (Å²) in [5, 5.41) is 0.440. The first kappa shape index (κ1) is 13.5. The molecular weight excluding hydrogens is 311 g/mol. The highest BCUT2D eigenvalue weighted by atomic mass is 79.9. The van der Waals surface area contributed by atoms with Crippen molar-refractivity contribution in [2.75, 3.05) is 0 Å². The zero-order chi connectivity index (χ0) is 12.4. The van der Waals surface area contributed by atoms with Gasteiger partial charge in [0, 0.05) is 5.02 Å². The minimum absolute atomic E-state index is 0.144. The highest BCUT2D eigenvalue weighted by molar-refractivity contribution is 9.10. The van der Waals surface area contributed by atoms with Crippen LogP contribution in [0.25, 0.3) is 6.08 Å². The highest BCUT2D eigenvalue weighted by Crippen LogP contribution is 2.40. The molecule has 1 aromatic rings. The monoisotopic (exact) mass is 316 g/mol. The Hall–Kier alpha value is -0.550. The average Bonchev–Trinajstić information content (AvgIpc) is 2.15. The molecule has 0 N–H and O–H groups in total. The van der Waals surface area contributed by atoms with E-state index in [1.807, 2.05) is 0 Å².